The fourth-order valence-electron chi connectivity index (χ4n) is 2.36. The molecule has 3 aromatic rings. The van der Waals surface area contributed by atoms with Gasteiger partial charge in [-0.1, -0.05) is 11.6 Å². The van der Waals surface area contributed by atoms with Crippen molar-refractivity contribution in [2.24, 2.45) is 5.10 Å². The highest BCUT2D eigenvalue weighted by atomic mass is 35.5. The highest BCUT2D eigenvalue weighted by Gasteiger charge is 2.16. The molecule has 0 amide bonds. The largest absolute Gasteiger partial charge is 0.496 e. The van der Waals surface area contributed by atoms with Crippen LogP contribution in [0.5, 0.6) is 11.5 Å². The second kappa shape index (κ2) is 8.94. The van der Waals surface area contributed by atoms with Gasteiger partial charge in [0.05, 0.1) is 13.3 Å². The van der Waals surface area contributed by atoms with Gasteiger partial charge in [-0.25, -0.2) is 13.9 Å². The van der Waals surface area contributed by atoms with Gasteiger partial charge in [0.2, 0.25) is 10.6 Å². The molecule has 0 fully saturated rings. The number of benzene rings is 2. The van der Waals surface area contributed by atoms with E-state index in [0.29, 0.717) is 22.1 Å². The Morgan fingerprint density at radius 3 is 2.71 bits per heavy atom. The van der Waals surface area contributed by atoms with E-state index in [9.17, 15) is 8.78 Å². The van der Waals surface area contributed by atoms with Crippen LogP contribution in [0.15, 0.2) is 47.6 Å². The lowest BCUT2D eigenvalue weighted by molar-refractivity contribution is 0.136. The second-order valence-electron chi connectivity index (χ2n) is 5.56. The number of nitrogens with one attached hydrogen (secondary N) is 1. The van der Waals surface area contributed by atoms with Gasteiger partial charge in [-0.3, -0.25) is 0 Å². The number of nitrogens with zero attached hydrogens (tertiary/aromatic N) is 3. The van der Waals surface area contributed by atoms with Gasteiger partial charge in [0, 0.05) is 10.6 Å². The first kappa shape index (κ1) is 20.0. The molecule has 0 aliphatic carbocycles. The number of rotatable bonds is 7. The Balaban J connectivity index is 1.81. The average molecular weight is 425 g/mol. The summed E-state index contributed by atoms with van der Waals surface area (Å²) in [5.74, 6) is 0.720. The lowest BCUT2D eigenvalue weighted by Crippen LogP contribution is -2.01. The maximum atomic E-state index is 13.0. The van der Waals surface area contributed by atoms with Crippen molar-refractivity contribution in [3.05, 3.63) is 69.2 Å². The number of halogens is 3. The average Bonchev–Trinajstić information content (AvgIpc) is 3.06. The fraction of sp³-hybridized carbons (Fsp3) is 0.167. The monoisotopic (exact) mass is 424 g/mol. The van der Waals surface area contributed by atoms with Crippen molar-refractivity contribution in [2.45, 2.75) is 13.0 Å². The molecule has 1 aromatic heterocycles. The van der Waals surface area contributed by atoms with Gasteiger partial charge in [-0.05, 0) is 60.2 Å². The molecule has 10 heteroatoms. The Bertz CT molecular complexity index is 1030. The Hall–Kier alpha value is -2.78. The number of aromatic nitrogens is 3. The number of alkyl halides is 2. The lowest BCUT2D eigenvalue weighted by atomic mass is 10.1. The molecule has 0 aliphatic heterocycles. The summed E-state index contributed by atoms with van der Waals surface area (Å²) in [7, 11) is 1.55. The van der Waals surface area contributed by atoms with Crippen molar-refractivity contribution in [1.82, 2.24) is 14.9 Å². The predicted molar refractivity (Wildman–Crippen MR) is 104 cm³/mol. The maximum absolute atomic E-state index is 13.0. The summed E-state index contributed by atoms with van der Waals surface area (Å²) in [6.07, 6.45) is -1.40. The molecule has 6 nitrogen and oxygen atoms in total. The van der Waals surface area contributed by atoms with Gasteiger partial charge in [0.15, 0.2) is 0 Å². The van der Waals surface area contributed by atoms with Gasteiger partial charge in [0.25, 0.3) is 6.43 Å². The predicted octanol–water partition coefficient (Wildman–Crippen LogP) is 5.00. The maximum Gasteiger partial charge on any atom is 0.299 e. The Kier molecular flexibility index (Phi) is 6.37. The van der Waals surface area contributed by atoms with E-state index in [1.54, 1.807) is 49.6 Å². The summed E-state index contributed by atoms with van der Waals surface area (Å²) in [5, 5.41) is 10.4. The van der Waals surface area contributed by atoms with E-state index in [4.69, 9.17) is 33.3 Å². The van der Waals surface area contributed by atoms with Crippen LogP contribution in [-0.4, -0.2) is 28.2 Å². The van der Waals surface area contributed by atoms with Crippen LogP contribution in [0.1, 0.15) is 23.4 Å². The Labute approximate surface area is 169 Å². The second-order valence-corrected chi connectivity index (χ2v) is 6.38. The molecule has 0 unspecified atom stereocenters. The zero-order valence-electron chi connectivity index (χ0n) is 14.6. The molecule has 0 radical (unpaired) electrons. The Morgan fingerprint density at radius 2 is 2.04 bits per heavy atom. The third-order valence-electron chi connectivity index (χ3n) is 3.71. The number of methoxy groups -OCH3 is 1. The number of aromatic amines is 1. The normalized spacial score (nSPS) is 11.3. The number of hydrogen-bond donors (Lipinski definition) is 1. The molecule has 0 aliphatic rings. The van der Waals surface area contributed by atoms with E-state index in [1.165, 1.54) is 6.21 Å². The molecule has 0 bridgehead atoms. The van der Waals surface area contributed by atoms with E-state index in [1.807, 2.05) is 0 Å². The molecular weight excluding hydrogens is 410 g/mol. The highest BCUT2D eigenvalue weighted by Crippen LogP contribution is 2.23. The first-order valence-electron chi connectivity index (χ1n) is 8.03. The molecule has 146 valence electrons. The fourth-order valence-corrected chi connectivity index (χ4v) is 2.68. The molecule has 3 rings (SSSR count). The summed E-state index contributed by atoms with van der Waals surface area (Å²) in [5.41, 5.74) is 1.41. The smallest absolute Gasteiger partial charge is 0.299 e. The van der Waals surface area contributed by atoms with E-state index in [-0.39, 0.29) is 11.4 Å². The van der Waals surface area contributed by atoms with E-state index >= 15 is 0 Å². The van der Waals surface area contributed by atoms with Crippen LogP contribution in [0.2, 0.25) is 5.02 Å². The van der Waals surface area contributed by atoms with Crippen molar-refractivity contribution in [3.8, 4) is 11.5 Å². The van der Waals surface area contributed by atoms with E-state index in [0.717, 1.165) is 10.2 Å². The van der Waals surface area contributed by atoms with Crippen molar-refractivity contribution in [1.29, 1.82) is 0 Å². The van der Waals surface area contributed by atoms with E-state index < -0.39 is 12.2 Å². The van der Waals surface area contributed by atoms with E-state index in [2.05, 4.69) is 15.3 Å². The zero-order chi connectivity index (χ0) is 20.1. The molecule has 1 heterocycles. The summed E-state index contributed by atoms with van der Waals surface area (Å²) in [4.78, 5) is 0. The van der Waals surface area contributed by atoms with Crippen LogP contribution in [0.25, 0.3) is 0 Å². The quantitative estimate of drug-likeness (QED) is 0.428. The third kappa shape index (κ3) is 4.73. The zero-order valence-corrected chi connectivity index (χ0v) is 16.2. The summed E-state index contributed by atoms with van der Waals surface area (Å²) < 4.78 is 37.9. The summed E-state index contributed by atoms with van der Waals surface area (Å²) in [6, 6.07) is 12.2. The molecule has 28 heavy (non-hydrogen) atoms. The molecule has 0 saturated heterocycles. The number of H-pyrrole nitrogens is 1. The van der Waals surface area contributed by atoms with Crippen LogP contribution in [0, 0.1) is 4.77 Å². The topological polar surface area (TPSA) is 64.4 Å². The van der Waals surface area contributed by atoms with Crippen molar-refractivity contribution < 1.29 is 18.3 Å². The molecule has 1 N–H and O–H groups in total. The molecule has 2 aromatic carbocycles. The van der Waals surface area contributed by atoms with Crippen LogP contribution in [-0.2, 0) is 6.61 Å². The van der Waals surface area contributed by atoms with Gasteiger partial charge in [0.1, 0.15) is 18.1 Å². The van der Waals surface area contributed by atoms with Crippen LogP contribution in [0.3, 0.4) is 0 Å². The first-order valence-corrected chi connectivity index (χ1v) is 8.81. The van der Waals surface area contributed by atoms with Crippen LogP contribution < -0.4 is 9.47 Å². The lowest BCUT2D eigenvalue weighted by Gasteiger charge is -2.11. The minimum atomic E-state index is -2.80. The van der Waals surface area contributed by atoms with Crippen molar-refractivity contribution >= 4 is 30.0 Å². The van der Waals surface area contributed by atoms with Crippen molar-refractivity contribution in [3.63, 3.8) is 0 Å². The highest BCUT2D eigenvalue weighted by molar-refractivity contribution is 7.71. The SMILES string of the molecule is COc1ccc(C=Nn2c(C(F)F)n[nH]c2=S)cc1COc1ccc(Cl)cc1. The summed E-state index contributed by atoms with van der Waals surface area (Å²) in [6.45, 7) is 0.236. The molecule has 0 saturated carbocycles. The third-order valence-corrected chi connectivity index (χ3v) is 4.22. The molecule has 0 atom stereocenters. The first-order chi connectivity index (χ1) is 13.5. The Morgan fingerprint density at radius 1 is 1.29 bits per heavy atom. The standard InChI is InChI=1S/C18H15ClF2N4O2S/c1-26-15-7-2-11(9-22-25-17(16(20)21)23-24-18(25)28)8-12(15)10-27-14-5-3-13(19)4-6-14/h2-9,16H,10H2,1H3,(H,24,28). The molecular formula is C18H15ClF2N4O2S. The van der Waals surface area contributed by atoms with Gasteiger partial charge in [-0.15, -0.1) is 0 Å². The van der Waals surface area contributed by atoms with Crippen LogP contribution in [0.4, 0.5) is 8.78 Å². The van der Waals surface area contributed by atoms with Crippen LogP contribution >= 0.6 is 23.8 Å². The van der Waals surface area contributed by atoms with Gasteiger partial charge < -0.3 is 9.47 Å². The van der Waals surface area contributed by atoms with Crippen molar-refractivity contribution in [2.75, 3.05) is 7.11 Å². The summed E-state index contributed by atoms with van der Waals surface area (Å²) >= 11 is 10.8. The van der Waals surface area contributed by atoms with Gasteiger partial charge in [-0.2, -0.15) is 14.9 Å². The van der Waals surface area contributed by atoms with Gasteiger partial charge >= 0.3 is 0 Å². The number of hydrogen-bond acceptors (Lipinski definition) is 5. The number of ether oxygens (including phenoxy) is 2. The molecule has 0 spiro atoms. The minimum Gasteiger partial charge on any atom is -0.496 e. The minimum absolute atomic E-state index is 0.0219.